The minimum atomic E-state index is -4.60. The molecule has 0 aliphatic rings. The number of benzene rings is 1. The number of hydrogen-bond donors (Lipinski definition) is 2. The Kier molecular flexibility index (Phi) is 5.58. The second kappa shape index (κ2) is 8.08. The number of aromatic nitrogens is 2. The minimum absolute atomic E-state index is 0.276. The van der Waals surface area contributed by atoms with Gasteiger partial charge in [-0.3, -0.25) is 9.97 Å². The smallest absolute Gasteiger partial charge is 0.325 e. The van der Waals surface area contributed by atoms with E-state index in [2.05, 4.69) is 20.6 Å². The monoisotopic (exact) mass is 386 g/mol. The van der Waals surface area contributed by atoms with Gasteiger partial charge in [-0.2, -0.15) is 13.2 Å². The Balaban J connectivity index is 1.99. The maximum Gasteiger partial charge on any atom is 0.418 e. The summed E-state index contributed by atoms with van der Waals surface area (Å²) in [5.41, 5.74) is 0.581. The van der Waals surface area contributed by atoms with Crippen LogP contribution in [0.25, 0.3) is 0 Å². The quantitative estimate of drug-likeness (QED) is 0.682. The summed E-state index contributed by atoms with van der Waals surface area (Å²) in [5, 5.41) is 5.16. The second-order valence-corrected chi connectivity index (χ2v) is 6.12. The van der Waals surface area contributed by atoms with Crippen LogP contribution in [0.15, 0.2) is 67.1 Å². The fourth-order valence-electron chi connectivity index (χ4n) is 2.78. The van der Waals surface area contributed by atoms with Crippen LogP contribution in [0.3, 0.4) is 0 Å². The van der Waals surface area contributed by atoms with Crippen molar-refractivity contribution < 1.29 is 18.0 Å². The molecular weight excluding hydrogens is 369 g/mol. The fourth-order valence-corrected chi connectivity index (χ4v) is 2.78. The van der Waals surface area contributed by atoms with E-state index in [1.807, 2.05) is 13.0 Å². The van der Waals surface area contributed by atoms with E-state index >= 15 is 0 Å². The van der Waals surface area contributed by atoms with Crippen molar-refractivity contribution in [2.75, 3.05) is 5.32 Å². The molecule has 1 atom stereocenters. The van der Waals surface area contributed by atoms with Gasteiger partial charge < -0.3 is 10.6 Å². The van der Waals surface area contributed by atoms with E-state index in [4.69, 9.17) is 0 Å². The Morgan fingerprint density at radius 1 is 1.07 bits per heavy atom. The SMILES string of the molecule is Cc1cccc([C@H](NC(=O)Nc2cccnc2)c2ncccc2C(F)(F)F)c1. The van der Waals surface area contributed by atoms with Gasteiger partial charge in [0.2, 0.25) is 0 Å². The standard InChI is InChI=1S/C20H17F3N4O/c1-13-5-2-6-14(11-13)17(18-16(20(21,22)23)8-4-10-25-18)27-19(28)26-15-7-3-9-24-12-15/h2-12,17H,1H3,(H2,26,27,28)/t17-/m0/s1. The maximum absolute atomic E-state index is 13.5. The van der Waals surface area contributed by atoms with Gasteiger partial charge in [-0.25, -0.2) is 4.79 Å². The van der Waals surface area contributed by atoms with Crippen LogP contribution in [-0.2, 0) is 6.18 Å². The third kappa shape index (κ3) is 4.64. The van der Waals surface area contributed by atoms with Crippen molar-refractivity contribution in [3.8, 4) is 0 Å². The molecule has 0 saturated carbocycles. The molecule has 2 N–H and O–H groups in total. The number of hydrogen-bond acceptors (Lipinski definition) is 3. The molecule has 0 fully saturated rings. The van der Waals surface area contributed by atoms with Gasteiger partial charge in [0.1, 0.15) is 0 Å². The van der Waals surface area contributed by atoms with Gasteiger partial charge in [-0.05, 0) is 36.8 Å². The van der Waals surface area contributed by atoms with Crippen LogP contribution < -0.4 is 10.6 Å². The van der Waals surface area contributed by atoms with E-state index in [0.29, 0.717) is 11.3 Å². The van der Waals surface area contributed by atoms with Crippen molar-refractivity contribution >= 4 is 11.7 Å². The fraction of sp³-hybridized carbons (Fsp3) is 0.150. The van der Waals surface area contributed by atoms with Crippen LogP contribution in [0.1, 0.15) is 28.4 Å². The predicted octanol–water partition coefficient (Wildman–Crippen LogP) is 4.71. The van der Waals surface area contributed by atoms with Crippen molar-refractivity contribution in [2.45, 2.75) is 19.1 Å². The number of nitrogens with zero attached hydrogens (tertiary/aromatic N) is 2. The van der Waals surface area contributed by atoms with Crippen LogP contribution in [0, 0.1) is 6.92 Å². The first-order chi connectivity index (χ1) is 13.3. The van der Waals surface area contributed by atoms with Gasteiger partial charge >= 0.3 is 12.2 Å². The molecule has 2 heterocycles. The normalized spacial score (nSPS) is 12.3. The number of aryl methyl sites for hydroxylation is 1. The molecular formula is C20H17F3N4O. The summed E-state index contributed by atoms with van der Waals surface area (Å²) in [6.45, 7) is 1.82. The molecule has 0 aliphatic carbocycles. The molecule has 2 amide bonds. The molecule has 8 heteroatoms. The number of carbonyl (C=O) groups is 1. The van der Waals surface area contributed by atoms with E-state index in [1.165, 1.54) is 18.5 Å². The first-order valence-corrected chi connectivity index (χ1v) is 8.41. The molecule has 0 aliphatic heterocycles. The van der Waals surface area contributed by atoms with Crippen LogP contribution in [0.4, 0.5) is 23.7 Å². The van der Waals surface area contributed by atoms with Gasteiger partial charge in [-0.1, -0.05) is 29.8 Å². The van der Waals surface area contributed by atoms with E-state index in [9.17, 15) is 18.0 Å². The molecule has 144 valence electrons. The predicted molar refractivity (Wildman–Crippen MR) is 98.7 cm³/mol. The minimum Gasteiger partial charge on any atom is -0.325 e. The topological polar surface area (TPSA) is 66.9 Å². The average Bonchev–Trinajstić information content (AvgIpc) is 2.66. The highest BCUT2D eigenvalue weighted by atomic mass is 19.4. The molecule has 3 rings (SSSR count). The van der Waals surface area contributed by atoms with E-state index < -0.39 is 23.8 Å². The first-order valence-electron chi connectivity index (χ1n) is 8.41. The Bertz CT molecular complexity index is 961. The summed E-state index contributed by atoms with van der Waals surface area (Å²) in [6.07, 6.45) is -0.355. The number of pyridine rings is 2. The number of rotatable bonds is 4. The van der Waals surface area contributed by atoms with Gasteiger partial charge in [0.05, 0.1) is 29.2 Å². The highest BCUT2D eigenvalue weighted by Crippen LogP contribution is 2.35. The largest absolute Gasteiger partial charge is 0.418 e. The van der Waals surface area contributed by atoms with Gasteiger partial charge in [0.15, 0.2) is 0 Å². The maximum atomic E-state index is 13.5. The number of nitrogens with one attached hydrogen (secondary N) is 2. The summed E-state index contributed by atoms with van der Waals surface area (Å²) in [5.74, 6) is 0. The Morgan fingerprint density at radius 2 is 1.86 bits per heavy atom. The molecule has 1 aromatic carbocycles. The number of anilines is 1. The van der Waals surface area contributed by atoms with Crippen LogP contribution in [0.2, 0.25) is 0 Å². The molecule has 28 heavy (non-hydrogen) atoms. The number of amides is 2. The molecule has 0 unspecified atom stereocenters. The lowest BCUT2D eigenvalue weighted by Crippen LogP contribution is -2.35. The summed E-state index contributed by atoms with van der Waals surface area (Å²) in [6, 6.07) is 10.6. The zero-order valence-corrected chi connectivity index (χ0v) is 14.9. The molecule has 0 radical (unpaired) electrons. The molecule has 0 saturated heterocycles. The van der Waals surface area contributed by atoms with Crippen molar-refractivity contribution in [2.24, 2.45) is 0 Å². The zero-order valence-electron chi connectivity index (χ0n) is 14.9. The summed E-state index contributed by atoms with van der Waals surface area (Å²) < 4.78 is 40.5. The van der Waals surface area contributed by atoms with E-state index in [-0.39, 0.29) is 5.69 Å². The lowest BCUT2D eigenvalue weighted by Gasteiger charge is -2.23. The van der Waals surface area contributed by atoms with Crippen molar-refractivity contribution in [1.29, 1.82) is 0 Å². The van der Waals surface area contributed by atoms with Crippen LogP contribution >= 0.6 is 0 Å². The third-order valence-electron chi connectivity index (χ3n) is 3.99. The summed E-state index contributed by atoms with van der Waals surface area (Å²) in [7, 11) is 0. The van der Waals surface area contributed by atoms with Crippen molar-refractivity contribution in [3.63, 3.8) is 0 Å². The number of halogens is 3. The molecule has 0 spiro atoms. The van der Waals surface area contributed by atoms with E-state index in [1.54, 1.807) is 36.5 Å². The van der Waals surface area contributed by atoms with Gasteiger partial charge in [0, 0.05) is 12.4 Å². The van der Waals surface area contributed by atoms with Gasteiger partial charge in [-0.15, -0.1) is 0 Å². The second-order valence-electron chi connectivity index (χ2n) is 6.12. The summed E-state index contributed by atoms with van der Waals surface area (Å²) >= 11 is 0. The van der Waals surface area contributed by atoms with Crippen LogP contribution in [0.5, 0.6) is 0 Å². The lowest BCUT2D eigenvalue weighted by atomic mass is 9.97. The van der Waals surface area contributed by atoms with E-state index in [0.717, 1.165) is 11.6 Å². The highest BCUT2D eigenvalue weighted by molar-refractivity contribution is 5.89. The Morgan fingerprint density at radius 3 is 2.54 bits per heavy atom. The first kappa shape index (κ1) is 19.3. The highest BCUT2D eigenvalue weighted by Gasteiger charge is 2.37. The van der Waals surface area contributed by atoms with Crippen molar-refractivity contribution in [1.82, 2.24) is 15.3 Å². The summed E-state index contributed by atoms with van der Waals surface area (Å²) in [4.78, 5) is 20.3. The van der Waals surface area contributed by atoms with Crippen LogP contribution in [-0.4, -0.2) is 16.0 Å². The molecule has 2 aromatic heterocycles. The number of alkyl halides is 3. The average molecular weight is 386 g/mol. The van der Waals surface area contributed by atoms with Gasteiger partial charge in [0.25, 0.3) is 0 Å². The Hall–Kier alpha value is -3.42. The molecule has 3 aromatic rings. The molecule has 5 nitrogen and oxygen atoms in total. The lowest BCUT2D eigenvalue weighted by molar-refractivity contribution is -0.138. The molecule has 0 bridgehead atoms. The van der Waals surface area contributed by atoms with Crippen molar-refractivity contribution in [3.05, 3.63) is 89.5 Å². The number of urea groups is 1. The Labute approximate surface area is 159 Å². The zero-order chi connectivity index (χ0) is 20.1. The number of carbonyl (C=O) groups excluding carboxylic acids is 1. The third-order valence-corrected chi connectivity index (χ3v) is 3.99.